The third kappa shape index (κ3) is 3.29. The molecule has 6 heteroatoms. The number of benzene rings is 1. The summed E-state index contributed by atoms with van der Waals surface area (Å²) in [6.45, 7) is 6.51. The molecule has 1 fully saturated rings. The van der Waals surface area contributed by atoms with Gasteiger partial charge in [0, 0.05) is 32.1 Å². The highest BCUT2D eigenvalue weighted by Gasteiger charge is 2.34. The largest absolute Gasteiger partial charge is 0.493 e. The first-order chi connectivity index (χ1) is 11.6. The van der Waals surface area contributed by atoms with Crippen molar-refractivity contribution in [1.82, 2.24) is 10.2 Å². The third-order valence-electron chi connectivity index (χ3n) is 4.80. The number of methoxy groups -OCH3 is 2. The molecular formula is C18H27N3O3. The first-order valence-electron chi connectivity index (χ1n) is 8.35. The van der Waals surface area contributed by atoms with Gasteiger partial charge in [0.15, 0.2) is 17.5 Å². The highest BCUT2D eigenvalue weighted by atomic mass is 16.5. The lowest BCUT2D eigenvalue weighted by molar-refractivity contribution is -0.0973. The molecule has 2 aliphatic heterocycles. The number of hydrogen-bond acceptors (Lipinski definition) is 4. The van der Waals surface area contributed by atoms with Crippen molar-refractivity contribution in [2.75, 3.05) is 47.6 Å². The Morgan fingerprint density at radius 3 is 2.46 bits per heavy atom. The lowest BCUT2D eigenvalue weighted by Crippen LogP contribution is -2.52. The molecule has 1 aromatic carbocycles. The van der Waals surface area contributed by atoms with Crippen molar-refractivity contribution in [2.45, 2.75) is 19.9 Å². The van der Waals surface area contributed by atoms with E-state index in [-0.39, 0.29) is 5.41 Å². The van der Waals surface area contributed by atoms with Crippen LogP contribution in [0.15, 0.2) is 17.1 Å². The van der Waals surface area contributed by atoms with Gasteiger partial charge in [-0.3, -0.25) is 4.99 Å². The predicted molar refractivity (Wildman–Crippen MR) is 93.9 cm³/mol. The minimum Gasteiger partial charge on any atom is -0.493 e. The Morgan fingerprint density at radius 2 is 1.92 bits per heavy atom. The van der Waals surface area contributed by atoms with E-state index in [2.05, 4.69) is 34.3 Å². The molecule has 1 aromatic rings. The summed E-state index contributed by atoms with van der Waals surface area (Å²) in [4.78, 5) is 6.75. The second kappa shape index (κ2) is 6.89. The van der Waals surface area contributed by atoms with E-state index in [1.54, 1.807) is 14.2 Å². The molecular weight excluding hydrogens is 306 g/mol. The predicted octanol–water partition coefficient (Wildman–Crippen LogP) is 1.67. The summed E-state index contributed by atoms with van der Waals surface area (Å²) in [5.74, 6) is 2.52. The number of ether oxygens (including phenoxy) is 3. The zero-order valence-corrected chi connectivity index (χ0v) is 15.0. The molecule has 0 bridgehead atoms. The highest BCUT2D eigenvalue weighted by molar-refractivity contribution is 5.80. The summed E-state index contributed by atoms with van der Waals surface area (Å²) in [5.41, 5.74) is 2.80. The van der Waals surface area contributed by atoms with Gasteiger partial charge in [0.25, 0.3) is 0 Å². The smallest absolute Gasteiger partial charge is 0.193 e. The third-order valence-corrected chi connectivity index (χ3v) is 4.80. The first-order valence-corrected chi connectivity index (χ1v) is 8.35. The molecule has 0 unspecified atom stereocenters. The molecule has 2 heterocycles. The maximum atomic E-state index is 5.44. The normalized spacial score (nSPS) is 19.3. The molecule has 1 saturated heterocycles. The number of guanidine groups is 1. The van der Waals surface area contributed by atoms with Gasteiger partial charge in [-0.15, -0.1) is 0 Å². The van der Waals surface area contributed by atoms with E-state index < -0.39 is 0 Å². The van der Waals surface area contributed by atoms with Crippen LogP contribution in [0.2, 0.25) is 0 Å². The van der Waals surface area contributed by atoms with Crippen molar-refractivity contribution in [3.8, 4) is 11.5 Å². The van der Waals surface area contributed by atoms with Gasteiger partial charge < -0.3 is 24.4 Å². The molecule has 0 saturated carbocycles. The molecule has 6 nitrogen and oxygen atoms in total. The summed E-state index contributed by atoms with van der Waals surface area (Å²) in [6, 6.07) is 4.17. The fraction of sp³-hybridized carbons (Fsp3) is 0.611. The van der Waals surface area contributed by atoms with Crippen LogP contribution in [0.3, 0.4) is 0 Å². The SMILES string of the molecule is CN=C(NCC1(C)COC1)N1CCc2cc(OC)c(OC)cc2C1. The van der Waals surface area contributed by atoms with Crippen LogP contribution in [0.4, 0.5) is 0 Å². The van der Waals surface area contributed by atoms with Crippen LogP contribution in [-0.4, -0.2) is 58.4 Å². The molecule has 2 aliphatic rings. The van der Waals surface area contributed by atoms with Crippen molar-refractivity contribution >= 4 is 5.96 Å². The standard InChI is InChI=1S/C18H27N3O3/c1-18(11-24-12-18)10-20-17(19-2)21-6-5-13-7-15(22-3)16(23-4)8-14(13)9-21/h7-8H,5-6,9-12H2,1-4H3,(H,19,20). The summed E-state index contributed by atoms with van der Waals surface area (Å²) in [5, 5.41) is 3.50. The lowest BCUT2D eigenvalue weighted by atomic mass is 9.89. The van der Waals surface area contributed by atoms with Crippen LogP contribution in [0.25, 0.3) is 0 Å². The molecule has 0 aliphatic carbocycles. The minimum atomic E-state index is 0.222. The van der Waals surface area contributed by atoms with Crippen LogP contribution in [0, 0.1) is 5.41 Å². The second-order valence-corrected chi connectivity index (χ2v) is 6.85. The van der Waals surface area contributed by atoms with Gasteiger partial charge in [-0.1, -0.05) is 6.92 Å². The summed E-state index contributed by atoms with van der Waals surface area (Å²) >= 11 is 0. The van der Waals surface area contributed by atoms with Crippen LogP contribution >= 0.6 is 0 Å². The zero-order valence-electron chi connectivity index (χ0n) is 15.0. The first kappa shape index (κ1) is 16.9. The van der Waals surface area contributed by atoms with Crippen LogP contribution in [0.5, 0.6) is 11.5 Å². The van der Waals surface area contributed by atoms with Gasteiger partial charge in [-0.05, 0) is 29.7 Å². The molecule has 0 spiro atoms. The van der Waals surface area contributed by atoms with Gasteiger partial charge >= 0.3 is 0 Å². The van der Waals surface area contributed by atoms with Crippen LogP contribution in [0.1, 0.15) is 18.1 Å². The fourth-order valence-electron chi connectivity index (χ4n) is 3.24. The molecule has 24 heavy (non-hydrogen) atoms. The Bertz CT molecular complexity index is 626. The number of nitrogens with zero attached hydrogens (tertiary/aromatic N) is 2. The molecule has 0 amide bonds. The van der Waals surface area contributed by atoms with E-state index in [0.717, 1.165) is 56.7 Å². The molecule has 0 atom stereocenters. The zero-order chi connectivity index (χ0) is 17.2. The number of hydrogen-bond donors (Lipinski definition) is 1. The van der Waals surface area contributed by atoms with E-state index in [4.69, 9.17) is 14.2 Å². The Labute approximate surface area is 143 Å². The average molecular weight is 333 g/mol. The van der Waals surface area contributed by atoms with Gasteiger partial charge in [-0.2, -0.15) is 0 Å². The molecule has 132 valence electrons. The maximum absolute atomic E-state index is 5.44. The van der Waals surface area contributed by atoms with E-state index in [9.17, 15) is 0 Å². The molecule has 0 aromatic heterocycles. The monoisotopic (exact) mass is 333 g/mol. The highest BCUT2D eigenvalue weighted by Crippen LogP contribution is 2.33. The van der Waals surface area contributed by atoms with E-state index in [1.165, 1.54) is 11.1 Å². The number of fused-ring (bicyclic) bond motifs is 1. The number of aliphatic imine (C=N–C) groups is 1. The number of nitrogens with one attached hydrogen (secondary N) is 1. The summed E-state index contributed by atoms with van der Waals surface area (Å²) in [6.07, 6.45) is 0.969. The summed E-state index contributed by atoms with van der Waals surface area (Å²) in [7, 11) is 5.19. The van der Waals surface area contributed by atoms with Crippen LogP contribution < -0.4 is 14.8 Å². The Morgan fingerprint density at radius 1 is 1.25 bits per heavy atom. The van der Waals surface area contributed by atoms with E-state index in [0.29, 0.717) is 0 Å². The van der Waals surface area contributed by atoms with Crippen molar-refractivity contribution < 1.29 is 14.2 Å². The Balaban J connectivity index is 1.70. The van der Waals surface area contributed by atoms with Crippen molar-refractivity contribution in [2.24, 2.45) is 10.4 Å². The maximum Gasteiger partial charge on any atom is 0.193 e. The van der Waals surface area contributed by atoms with Gasteiger partial charge in [0.05, 0.1) is 27.4 Å². The van der Waals surface area contributed by atoms with Crippen LogP contribution in [-0.2, 0) is 17.7 Å². The minimum absolute atomic E-state index is 0.222. The second-order valence-electron chi connectivity index (χ2n) is 6.85. The lowest BCUT2D eigenvalue weighted by Gasteiger charge is -2.40. The van der Waals surface area contributed by atoms with Gasteiger partial charge in [-0.25, -0.2) is 0 Å². The van der Waals surface area contributed by atoms with Crippen molar-refractivity contribution in [3.05, 3.63) is 23.3 Å². The van der Waals surface area contributed by atoms with Crippen molar-refractivity contribution in [1.29, 1.82) is 0 Å². The Hall–Kier alpha value is -1.95. The Kier molecular flexibility index (Phi) is 4.85. The van der Waals surface area contributed by atoms with E-state index in [1.807, 2.05) is 7.05 Å². The quantitative estimate of drug-likeness (QED) is 0.671. The molecule has 1 N–H and O–H groups in total. The summed E-state index contributed by atoms with van der Waals surface area (Å²) < 4.78 is 16.2. The van der Waals surface area contributed by atoms with E-state index >= 15 is 0 Å². The molecule has 0 radical (unpaired) electrons. The molecule has 3 rings (SSSR count). The fourth-order valence-corrected chi connectivity index (χ4v) is 3.24. The van der Waals surface area contributed by atoms with Crippen molar-refractivity contribution in [3.63, 3.8) is 0 Å². The topological polar surface area (TPSA) is 55.3 Å². The number of rotatable bonds is 4. The van der Waals surface area contributed by atoms with Gasteiger partial charge in [0.1, 0.15) is 0 Å². The average Bonchev–Trinajstić information content (AvgIpc) is 2.59. The van der Waals surface area contributed by atoms with Gasteiger partial charge in [0.2, 0.25) is 0 Å².